The van der Waals surface area contributed by atoms with Crippen LogP contribution in [-0.2, 0) is 11.2 Å². The normalized spacial score (nSPS) is 12.6. The first-order valence-electron chi connectivity index (χ1n) is 6.81. The zero-order valence-electron chi connectivity index (χ0n) is 11.4. The molecule has 1 unspecified atom stereocenters. The van der Waals surface area contributed by atoms with Gasteiger partial charge in [0.15, 0.2) is 0 Å². The molecule has 1 atom stereocenters. The molecule has 3 N–H and O–H groups in total. The van der Waals surface area contributed by atoms with Crippen molar-refractivity contribution in [2.75, 3.05) is 6.54 Å². The fraction of sp³-hybridized carbons (Fsp3) is 0.400. The lowest BCUT2D eigenvalue weighted by Gasteiger charge is -2.08. The lowest BCUT2D eigenvalue weighted by atomic mass is 10.1. The van der Waals surface area contributed by atoms with E-state index in [1.165, 1.54) is 0 Å². The Morgan fingerprint density at radius 3 is 3.05 bits per heavy atom. The Hall–Kier alpha value is -1.33. The van der Waals surface area contributed by atoms with Crippen molar-refractivity contribution in [3.05, 3.63) is 34.4 Å². The number of H-pyrrole nitrogens is 1. The maximum Gasteiger partial charge on any atom is 0.224 e. The van der Waals surface area contributed by atoms with E-state index in [9.17, 15) is 9.90 Å². The van der Waals surface area contributed by atoms with E-state index in [1.54, 1.807) is 0 Å². The third kappa shape index (κ3) is 3.61. The SMILES string of the molecule is CCC(O)CCNC(=O)Cc1c[nH]c2cccc(Br)c12. The van der Waals surface area contributed by atoms with Gasteiger partial charge in [0.1, 0.15) is 0 Å². The molecule has 0 fully saturated rings. The highest BCUT2D eigenvalue weighted by molar-refractivity contribution is 9.10. The molecule has 0 bridgehead atoms. The van der Waals surface area contributed by atoms with Crippen LogP contribution in [0, 0.1) is 0 Å². The maximum atomic E-state index is 11.9. The minimum atomic E-state index is -0.336. The largest absolute Gasteiger partial charge is 0.393 e. The molecule has 1 heterocycles. The summed E-state index contributed by atoms with van der Waals surface area (Å²) < 4.78 is 0.987. The minimum absolute atomic E-state index is 0.0232. The van der Waals surface area contributed by atoms with Crippen LogP contribution in [0.5, 0.6) is 0 Å². The average molecular weight is 339 g/mol. The molecule has 4 nitrogen and oxygen atoms in total. The van der Waals surface area contributed by atoms with Crippen molar-refractivity contribution in [3.63, 3.8) is 0 Å². The standard InChI is InChI=1S/C15H19BrN2O2/c1-2-11(19)6-7-17-14(20)8-10-9-18-13-5-3-4-12(16)15(10)13/h3-5,9,11,18-19H,2,6-8H2,1H3,(H,17,20). The number of hydrogen-bond acceptors (Lipinski definition) is 2. The number of amides is 1. The van der Waals surface area contributed by atoms with E-state index >= 15 is 0 Å². The molecule has 0 spiro atoms. The zero-order valence-corrected chi connectivity index (χ0v) is 13.0. The second-order valence-electron chi connectivity index (χ2n) is 4.85. The van der Waals surface area contributed by atoms with Crippen molar-refractivity contribution in [1.29, 1.82) is 0 Å². The van der Waals surface area contributed by atoms with Gasteiger partial charge in [-0.05, 0) is 30.5 Å². The number of carbonyl (C=O) groups is 1. The number of aliphatic hydroxyl groups excluding tert-OH is 1. The second-order valence-corrected chi connectivity index (χ2v) is 5.71. The Labute approximate surface area is 126 Å². The molecular weight excluding hydrogens is 320 g/mol. The van der Waals surface area contributed by atoms with Gasteiger partial charge in [-0.1, -0.05) is 28.9 Å². The number of aromatic amines is 1. The summed E-state index contributed by atoms with van der Waals surface area (Å²) in [6.07, 6.45) is 3.18. The van der Waals surface area contributed by atoms with Crippen LogP contribution in [0.2, 0.25) is 0 Å². The molecule has 1 aromatic heterocycles. The van der Waals surface area contributed by atoms with Crippen LogP contribution in [0.4, 0.5) is 0 Å². The van der Waals surface area contributed by atoms with Gasteiger partial charge in [0.2, 0.25) is 5.91 Å². The molecule has 0 aliphatic carbocycles. The summed E-state index contributed by atoms with van der Waals surface area (Å²) in [5.41, 5.74) is 1.99. The van der Waals surface area contributed by atoms with Crippen molar-refractivity contribution >= 4 is 32.7 Å². The van der Waals surface area contributed by atoms with Crippen LogP contribution in [0.25, 0.3) is 10.9 Å². The van der Waals surface area contributed by atoms with Crippen molar-refractivity contribution in [2.24, 2.45) is 0 Å². The van der Waals surface area contributed by atoms with Crippen molar-refractivity contribution in [1.82, 2.24) is 10.3 Å². The molecule has 1 aromatic carbocycles. The lowest BCUT2D eigenvalue weighted by Crippen LogP contribution is -2.28. The summed E-state index contributed by atoms with van der Waals surface area (Å²) in [6.45, 7) is 2.44. The number of carbonyl (C=O) groups excluding carboxylic acids is 1. The minimum Gasteiger partial charge on any atom is -0.393 e. The third-order valence-corrected chi connectivity index (χ3v) is 4.02. The highest BCUT2D eigenvalue weighted by atomic mass is 79.9. The molecule has 0 aliphatic heterocycles. The summed E-state index contributed by atoms with van der Waals surface area (Å²) in [4.78, 5) is 15.1. The van der Waals surface area contributed by atoms with Crippen LogP contribution in [0.15, 0.2) is 28.9 Å². The van der Waals surface area contributed by atoms with Crippen LogP contribution >= 0.6 is 15.9 Å². The van der Waals surface area contributed by atoms with E-state index in [0.29, 0.717) is 25.8 Å². The van der Waals surface area contributed by atoms with Gasteiger partial charge in [0.05, 0.1) is 12.5 Å². The first-order chi connectivity index (χ1) is 9.61. The molecule has 2 aromatic rings. The molecule has 0 saturated heterocycles. The Bertz CT molecular complexity index is 595. The van der Waals surface area contributed by atoms with Gasteiger partial charge in [-0.25, -0.2) is 0 Å². The van der Waals surface area contributed by atoms with Gasteiger partial charge in [0.25, 0.3) is 0 Å². The first kappa shape index (κ1) is 15.1. The molecule has 20 heavy (non-hydrogen) atoms. The van der Waals surface area contributed by atoms with E-state index in [-0.39, 0.29) is 12.0 Å². The number of aromatic nitrogens is 1. The highest BCUT2D eigenvalue weighted by Gasteiger charge is 2.11. The van der Waals surface area contributed by atoms with Crippen LogP contribution in [0.1, 0.15) is 25.3 Å². The average Bonchev–Trinajstić information content (AvgIpc) is 2.83. The topological polar surface area (TPSA) is 65.1 Å². The summed E-state index contributed by atoms with van der Waals surface area (Å²) in [5, 5.41) is 13.3. The zero-order chi connectivity index (χ0) is 14.5. The summed E-state index contributed by atoms with van der Waals surface area (Å²) in [7, 11) is 0. The van der Waals surface area contributed by atoms with Gasteiger partial charge >= 0.3 is 0 Å². The van der Waals surface area contributed by atoms with Gasteiger partial charge in [0, 0.05) is 28.1 Å². The van der Waals surface area contributed by atoms with E-state index in [4.69, 9.17) is 0 Å². The van der Waals surface area contributed by atoms with Crippen LogP contribution < -0.4 is 5.32 Å². The number of aliphatic hydroxyl groups is 1. The van der Waals surface area contributed by atoms with E-state index < -0.39 is 0 Å². The predicted molar refractivity (Wildman–Crippen MR) is 83.6 cm³/mol. The van der Waals surface area contributed by atoms with Crippen molar-refractivity contribution in [3.8, 4) is 0 Å². The molecule has 2 rings (SSSR count). The number of halogens is 1. The molecule has 108 valence electrons. The Kier molecular flexibility index (Phi) is 5.20. The molecule has 0 aliphatic rings. The first-order valence-corrected chi connectivity index (χ1v) is 7.60. The molecule has 5 heteroatoms. The lowest BCUT2D eigenvalue weighted by molar-refractivity contribution is -0.120. The number of benzene rings is 1. The molecule has 0 radical (unpaired) electrons. The molecule has 1 amide bonds. The summed E-state index contributed by atoms with van der Waals surface area (Å²) >= 11 is 3.51. The number of nitrogens with one attached hydrogen (secondary N) is 2. The van der Waals surface area contributed by atoms with E-state index in [2.05, 4.69) is 26.2 Å². The van der Waals surface area contributed by atoms with Crippen LogP contribution in [0.3, 0.4) is 0 Å². The Balaban J connectivity index is 1.96. The summed E-state index contributed by atoms with van der Waals surface area (Å²) in [6, 6.07) is 5.91. The third-order valence-electron chi connectivity index (χ3n) is 3.36. The monoisotopic (exact) mass is 338 g/mol. The predicted octanol–water partition coefficient (Wildman–Crippen LogP) is 2.75. The van der Waals surface area contributed by atoms with Gasteiger partial charge in [-0.15, -0.1) is 0 Å². The van der Waals surface area contributed by atoms with E-state index in [1.807, 2.05) is 31.3 Å². The van der Waals surface area contributed by atoms with Gasteiger partial charge in [-0.3, -0.25) is 4.79 Å². The van der Waals surface area contributed by atoms with Crippen molar-refractivity contribution in [2.45, 2.75) is 32.3 Å². The van der Waals surface area contributed by atoms with E-state index in [0.717, 1.165) is 20.9 Å². The van der Waals surface area contributed by atoms with Gasteiger partial charge in [-0.2, -0.15) is 0 Å². The second kappa shape index (κ2) is 6.90. The van der Waals surface area contributed by atoms with Crippen LogP contribution in [-0.4, -0.2) is 28.6 Å². The Morgan fingerprint density at radius 2 is 2.30 bits per heavy atom. The molecular formula is C15H19BrN2O2. The quantitative estimate of drug-likeness (QED) is 0.758. The van der Waals surface area contributed by atoms with Gasteiger partial charge < -0.3 is 15.4 Å². The Morgan fingerprint density at radius 1 is 1.50 bits per heavy atom. The summed E-state index contributed by atoms with van der Waals surface area (Å²) in [5.74, 6) is -0.0232. The highest BCUT2D eigenvalue weighted by Crippen LogP contribution is 2.27. The fourth-order valence-corrected chi connectivity index (χ4v) is 2.79. The molecule has 0 saturated carbocycles. The van der Waals surface area contributed by atoms with Crippen molar-refractivity contribution < 1.29 is 9.90 Å². The smallest absolute Gasteiger partial charge is 0.224 e. The number of rotatable bonds is 6. The fourth-order valence-electron chi connectivity index (χ4n) is 2.17. The maximum absolute atomic E-state index is 11.9. The number of hydrogen-bond donors (Lipinski definition) is 3. The number of fused-ring (bicyclic) bond motifs is 1.